The fourth-order valence-corrected chi connectivity index (χ4v) is 2.15. The van der Waals surface area contributed by atoms with Gasteiger partial charge in [0.1, 0.15) is 5.75 Å². The van der Waals surface area contributed by atoms with Crippen LogP contribution in [0.1, 0.15) is 30.1 Å². The Labute approximate surface area is 158 Å². The predicted octanol–water partition coefficient (Wildman–Crippen LogP) is 2.71. The fourth-order valence-electron chi connectivity index (χ4n) is 2.15. The van der Waals surface area contributed by atoms with E-state index in [-0.39, 0.29) is 6.61 Å². The number of benzene rings is 2. The Morgan fingerprint density at radius 2 is 1.63 bits per heavy atom. The molecule has 0 unspecified atom stereocenters. The number of hydrogen-bond donors (Lipinski definition) is 2. The summed E-state index contributed by atoms with van der Waals surface area (Å²) in [5, 5.41) is 0. The van der Waals surface area contributed by atoms with Gasteiger partial charge >= 0.3 is 0 Å². The number of unbranched alkanes of at least 4 members (excludes halogenated alkanes) is 1. The molecule has 7 nitrogen and oxygen atoms in total. The zero-order valence-corrected chi connectivity index (χ0v) is 15.5. The normalized spacial score (nSPS) is 10.0. The Morgan fingerprint density at radius 3 is 2.30 bits per heavy atom. The Hall–Kier alpha value is -3.22. The van der Waals surface area contributed by atoms with Crippen LogP contribution in [0.15, 0.2) is 48.5 Å². The highest BCUT2D eigenvalue weighted by molar-refractivity contribution is 5.95. The van der Waals surface area contributed by atoms with Gasteiger partial charge in [0.15, 0.2) is 18.1 Å². The minimum Gasteiger partial charge on any atom is -0.494 e. The molecule has 0 saturated carbocycles. The third-order valence-electron chi connectivity index (χ3n) is 3.63. The molecule has 2 amide bonds. The Kier molecular flexibility index (Phi) is 7.96. The zero-order chi connectivity index (χ0) is 19.5. The fraction of sp³-hybridized carbons (Fsp3) is 0.300. The summed E-state index contributed by atoms with van der Waals surface area (Å²) in [6, 6.07) is 13.7. The molecule has 0 radical (unpaired) electrons. The summed E-state index contributed by atoms with van der Waals surface area (Å²) in [6.07, 6.45) is 2.03. The first-order valence-electron chi connectivity index (χ1n) is 8.72. The predicted molar refractivity (Wildman–Crippen MR) is 101 cm³/mol. The number of nitrogens with one attached hydrogen (secondary N) is 2. The van der Waals surface area contributed by atoms with E-state index in [4.69, 9.17) is 14.2 Å². The number of para-hydroxylation sites is 2. The van der Waals surface area contributed by atoms with Crippen LogP contribution < -0.4 is 25.1 Å². The first kappa shape index (κ1) is 20.1. The quantitative estimate of drug-likeness (QED) is 0.522. The topological polar surface area (TPSA) is 85.9 Å². The smallest absolute Gasteiger partial charge is 0.276 e. The average molecular weight is 372 g/mol. The van der Waals surface area contributed by atoms with Crippen molar-refractivity contribution in [2.45, 2.75) is 19.8 Å². The van der Waals surface area contributed by atoms with Gasteiger partial charge in [0, 0.05) is 5.56 Å². The molecule has 2 rings (SSSR count). The highest BCUT2D eigenvalue weighted by Crippen LogP contribution is 2.25. The molecule has 2 aromatic carbocycles. The number of carbonyl (C=O) groups excluding carboxylic acids is 2. The van der Waals surface area contributed by atoms with Gasteiger partial charge in [-0.15, -0.1) is 0 Å². The zero-order valence-electron chi connectivity index (χ0n) is 15.5. The molecule has 0 aliphatic heterocycles. The molecule has 27 heavy (non-hydrogen) atoms. The number of hydrogen-bond acceptors (Lipinski definition) is 5. The first-order valence-corrected chi connectivity index (χ1v) is 8.72. The van der Waals surface area contributed by atoms with Gasteiger partial charge in [0.25, 0.3) is 11.8 Å². The third kappa shape index (κ3) is 6.54. The molecular formula is C20H24N2O5. The van der Waals surface area contributed by atoms with Gasteiger partial charge in [0.2, 0.25) is 0 Å². The van der Waals surface area contributed by atoms with E-state index in [2.05, 4.69) is 17.8 Å². The number of amides is 2. The molecule has 0 aromatic heterocycles. The van der Waals surface area contributed by atoms with Crippen molar-refractivity contribution < 1.29 is 23.8 Å². The van der Waals surface area contributed by atoms with Crippen LogP contribution in [0.5, 0.6) is 17.2 Å². The van der Waals surface area contributed by atoms with Crippen molar-refractivity contribution in [2.24, 2.45) is 0 Å². The van der Waals surface area contributed by atoms with Crippen LogP contribution in [-0.4, -0.2) is 32.1 Å². The molecular weight excluding hydrogens is 348 g/mol. The van der Waals surface area contributed by atoms with E-state index < -0.39 is 11.8 Å². The van der Waals surface area contributed by atoms with Crippen LogP contribution in [-0.2, 0) is 4.79 Å². The van der Waals surface area contributed by atoms with E-state index in [0.29, 0.717) is 29.4 Å². The second-order valence-electron chi connectivity index (χ2n) is 5.67. The van der Waals surface area contributed by atoms with Crippen molar-refractivity contribution in [2.75, 3.05) is 20.3 Å². The lowest BCUT2D eigenvalue weighted by atomic mass is 10.2. The highest BCUT2D eigenvalue weighted by atomic mass is 16.5. The van der Waals surface area contributed by atoms with E-state index in [0.717, 1.165) is 12.8 Å². The van der Waals surface area contributed by atoms with E-state index in [1.54, 1.807) is 48.5 Å². The SMILES string of the molecule is CCCCOc1ccc(C(=O)NNC(=O)COc2ccccc2OC)cc1. The maximum Gasteiger partial charge on any atom is 0.276 e. The van der Waals surface area contributed by atoms with E-state index in [9.17, 15) is 9.59 Å². The summed E-state index contributed by atoms with van der Waals surface area (Å²) in [5.74, 6) is 0.750. The van der Waals surface area contributed by atoms with Crippen LogP contribution in [0, 0.1) is 0 Å². The molecule has 2 N–H and O–H groups in total. The molecule has 7 heteroatoms. The molecule has 0 aliphatic rings. The average Bonchev–Trinajstić information content (AvgIpc) is 2.71. The Morgan fingerprint density at radius 1 is 0.926 bits per heavy atom. The summed E-state index contributed by atoms with van der Waals surface area (Å²) in [6.45, 7) is 2.47. The molecule has 144 valence electrons. The van der Waals surface area contributed by atoms with Crippen LogP contribution in [0.3, 0.4) is 0 Å². The maximum atomic E-state index is 12.1. The molecule has 0 spiro atoms. The number of carbonyl (C=O) groups is 2. The molecule has 0 aliphatic carbocycles. The summed E-state index contributed by atoms with van der Waals surface area (Å²) >= 11 is 0. The van der Waals surface area contributed by atoms with Gasteiger partial charge in [0.05, 0.1) is 13.7 Å². The van der Waals surface area contributed by atoms with Gasteiger partial charge in [-0.2, -0.15) is 0 Å². The monoisotopic (exact) mass is 372 g/mol. The lowest BCUT2D eigenvalue weighted by Crippen LogP contribution is -2.43. The second kappa shape index (κ2) is 10.7. The van der Waals surface area contributed by atoms with Gasteiger partial charge in [-0.05, 0) is 42.8 Å². The number of hydrazine groups is 1. The van der Waals surface area contributed by atoms with Crippen LogP contribution in [0.2, 0.25) is 0 Å². The maximum absolute atomic E-state index is 12.1. The lowest BCUT2D eigenvalue weighted by Gasteiger charge is -2.11. The molecule has 0 atom stereocenters. The summed E-state index contributed by atoms with van der Waals surface area (Å²) < 4.78 is 16.1. The third-order valence-corrected chi connectivity index (χ3v) is 3.63. The first-order chi connectivity index (χ1) is 13.1. The minimum absolute atomic E-state index is 0.259. The van der Waals surface area contributed by atoms with Crippen LogP contribution >= 0.6 is 0 Å². The lowest BCUT2D eigenvalue weighted by molar-refractivity contribution is -0.123. The van der Waals surface area contributed by atoms with Crippen LogP contribution in [0.4, 0.5) is 0 Å². The van der Waals surface area contributed by atoms with Crippen molar-refractivity contribution in [1.82, 2.24) is 10.9 Å². The Balaban J connectivity index is 1.76. The van der Waals surface area contributed by atoms with Crippen molar-refractivity contribution in [3.8, 4) is 17.2 Å². The molecule has 0 heterocycles. The van der Waals surface area contributed by atoms with Crippen molar-refractivity contribution >= 4 is 11.8 Å². The van der Waals surface area contributed by atoms with E-state index in [1.165, 1.54) is 7.11 Å². The summed E-state index contributed by atoms with van der Waals surface area (Å²) in [4.78, 5) is 23.9. The van der Waals surface area contributed by atoms with Gasteiger partial charge in [-0.3, -0.25) is 20.4 Å². The Bertz CT molecular complexity index is 746. The molecule has 0 saturated heterocycles. The van der Waals surface area contributed by atoms with Crippen molar-refractivity contribution in [1.29, 1.82) is 0 Å². The summed E-state index contributed by atoms with van der Waals surface area (Å²) in [5.41, 5.74) is 5.06. The molecule has 0 fully saturated rings. The molecule has 2 aromatic rings. The van der Waals surface area contributed by atoms with Gasteiger partial charge in [-0.1, -0.05) is 25.5 Å². The van der Waals surface area contributed by atoms with E-state index in [1.807, 2.05) is 0 Å². The second-order valence-corrected chi connectivity index (χ2v) is 5.67. The largest absolute Gasteiger partial charge is 0.494 e. The number of methoxy groups -OCH3 is 1. The minimum atomic E-state index is -0.492. The van der Waals surface area contributed by atoms with Crippen molar-refractivity contribution in [3.63, 3.8) is 0 Å². The molecule has 0 bridgehead atoms. The summed E-state index contributed by atoms with van der Waals surface area (Å²) in [7, 11) is 1.52. The van der Waals surface area contributed by atoms with Gasteiger partial charge < -0.3 is 14.2 Å². The van der Waals surface area contributed by atoms with Gasteiger partial charge in [-0.25, -0.2) is 0 Å². The van der Waals surface area contributed by atoms with Crippen molar-refractivity contribution in [3.05, 3.63) is 54.1 Å². The number of rotatable bonds is 9. The number of ether oxygens (including phenoxy) is 3. The van der Waals surface area contributed by atoms with E-state index >= 15 is 0 Å². The standard InChI is InChI=1S/C20H24N2O5/c1-3-4-13-26-16-11-9-15(10-12-16)20(24)22-21-19(23)14-27-18-8-6-5-7-17(18)25-2/h5-12H,3-4,13-14H2,1-2H3,(H,21,23)(H,22,24). The highest BCUT2D eigenvalue weighted by Gasteiger charge is 2.09. The van der Waals surface area contributed by atoms with Crippen LogP contribution in [0.25, 0.3) is 0 Å².